The smallest absolute Gasteiger partial charge is 0.265 e. The van der Waals surface area contributed by atoms with Crippen LogP contribution in [0.1, 0.15) is 53.2 Å². The normalized spacial score (nSPS) is 15.6. The monoisotopic (exact) mass is 385 g/mol. The summed E-state index contributed by atoms with van der Waals surface area (Å²) in [7, 11) is 0. The number of carbonyl (C=O) groups excluding carboxylic acids is 1. The number of amides is 1. The SMILES string of the molecule is CCN(CC)C1CCN(C(=O)c2sc(-c3cccc(C)c3C)nc2C)CC1. The van der Waals surface area contributed by atoms with Gasteiger partial charge in [-0.15, -0.1) is 11.3 Å². The topological polar surface area (TPSA) is 36.4 Å². The van der Waals surface area contributed by atoms with Gasteiger partial charge in [-0.2, -0.15) is 0 Å². The molecule has 1 aliphatic rings. The average Bonchev–Trinajstić information content (AvgIpc) is 3.06. The molecule has 0 saturated carbocycles. The zero-order valence-corrected chi connectivity index (χ0v) is 18.0. The van der Waals surface area contributed by atoms with Crippen molar-refractivity contribution in [2.75, 3.05) is 26.2 Å². The number of likely N-dealkylation sites (tertiary alicyclic amines) is 1. The van der Waals surface area contributed by atoms with Crippen LogP contribution in [0, 0.1) is 20.8 Å². The largest absolute Gasteiger partial charge is 0.338 e. The first-order chi connectivity index (χ1) is 13.0. The Morgan fingerprint density at radius 2 is 1.85 bits per heavy atom. The number of aryl methyl sites for hydroxylation is 2. The number of thiazole rings is 1. The summed E-state index contributed by atoms with van der Waals surface area (Å²) in [5.74, 6) is 0.152. The van der Waals surface area contributed by atoms with Crippen LogP contribution in [0.15, 0.2) is 18.2 Å². The highest BCUT2D eigenvalue weighted by Crippen LogP contribution is 2.32. The lowest BCUT2D eigenvalue weighted by Crippen LogP contribution is -2.46. The van der Waals surface area contributed by atoms with Crippen molar-refractivity contribution in [3.8, 4) is 10.6 Å². The van der Waals surface area contributed by atoms with E-state index in [1.54, 1.807) is 11.3 Å². The molecule has 146 valence electrons. The maximum atomic E-state index is 13.1. The molecule has 0 radical (unpaired) electrons. The maximum absolute atomic E-state index is 13.1. The number of aromatic nitrogens is 1. The predicted octanol–water partition coefficient (Wildman–Crippen LogP) is 4.68. The Balaban J connectivity index is 1.75. The molecular formula is C22H31N3OS. The van der Waals surface area contributed by atoms with Crippen molar-refractivity contribution in [2.24, 2.45) is 0 Å². The minimum atomic E-state index is 0.152. The first kappa shape index (κ1) is 20.0. The molecule has 5 heteroatoms. The summed E-state index contributed by atoms with van der Waals surface area (Å²) in [4.78, 5) is 23.2. The minimum absolute atomic E-state index is 0.152. The van der Waals surface area contributed by atoms with Gasteiger partial charge in [-0.25, -0.2) is 4.98 Å². The van der Waals surface area contributed by atoms with E-state index in [-0.39, 0.29) is 5.91 Å². The number of benzene rings is 1. The van der Waals surface area contributed by atoms with Crippen LogP contribution in [0.3, 0.4) is 0 Å². The summed E-state index contributed by atoms with van der Waals surface area (Å²) >= 11 is 1.54. The van der Waals surface area contributed by atoms with Crippen molar-refractivity contribution < 1.29 is 4.79 Å². The standard InChI is InChI=1S/C22H31N3OS/c1-6-24(7-2)18-11-13-25(14-12-18)22(26)20-17(5)23-21(27-20)19-10-8-9-15(3)16(19)4/h8-10,18H,6-7,11-14H2,1-5H3. The van der Waals surface area contributed by atoms with Gasteiger partial charge in [-0.1, -0.05) is 32.0 Å². The van der Waals surface area contributed by atoms with Crippen LogP contribution in [-0.4, -0.2) is 52.9 Å². The Labute approximate surface area is 167 Å². The van der Waals surface area contributed by atoms with E-state index in [1.807, 2.05) is 11.8 Å². The van der Waals surface area contributed by atoms with E-state index >= 15 is 0 Å². The molecule has 0 atom stereocenters. The molecule has 3 rings (SSSR count). The molecule has 1 aromatic carbocycles. The highest BCUT2D eigenvalue weighted by molar-refractivity contribution is 7.17. The molecule has 1 amide bonds. The molecule has 27 heavy (non-hydrogen) atoms. The Morgan fingerprint density at radius 3 is 2.48 bits per heavy atom. The van der Waals surface area contributed by atoms with Gasteiger partial charge in [0.25, 0.3) is 5.91 Å². The van der Waals surface area contributed by atoms with Gasteiger partial charge in [0.05, 0.1) is 5.69 Å². The molecule has 0 aliphatic carbocycles. The van der Waals surface area contributed by atoms with Crippen molar-refractivity contribution in [1.29, 1.82) is 0 Å². The van der Waals surface area contributed by atoms with Gasteiger partial charge in [-0.3, -0.25) is 4.79 Å². The summed E-state index contributed by atoms with van der Waals surface area (Å²) in [5.41, 5.74) is 4.49. The van der Waals surface area contributed by atoms with Gasteiger partial charge in [0, 0.05) is 24.7 Å². The third kappa shape index (κ3) is 4.09. The second-order valence-corrected chi connectivity index (χ2v) is 8.42. The van der Waals surface area contributed by atoms with E-state index in [9.17, 15) is 4.79 Å². The number of hydrogen-bond acceptors (Lipinski definition) is 4. The Morgan fingerprint density at radius 1 is 1.19 bits per heavy atom. The summed E-state index contributed by atoms with van der Waals surface area (Å²) in [6.45, 7) is 14.5. The van der Waals surface area contributed by atoms with E-state index < -0.39 is 0 Å². The third-order valence-electron chi connectivity index (χ3n) is 5.91. The molecule has 0 bridgehead atoms. The fourth-order valence-electron chi connectivity index (χ4n) is 4.01. The van der Waals surface area contributed by atoms with Gasteiger partial charge in [0.1, 0.15) is 9.88 Å². The predicted molar refractivity (Wildman–Crippen MR) is 114 cm³/mol. The molecule has 2 heterocycles. The van der Waals surface area contributed by atoms with E-state index in [0.29, 0.717) is 6.04 Å². The van der Waals surface area contributed by atoms with Crippen LogP contribution in [0.25, 0.3) is 10.6 Å². The van der Waals surface area contributed by atoms with Crippen LogP contribution in [0.5, 0.6) is 0 Å². The maximum Gasteiger partial charge on any atom is 0.265 e. The first-order valence-electron chi connectivity index (χ1n) is 10.0. The van der Waals surface area contributed by atoms with Crippen molar-refractivity contribution >= 4 is 17.2 Å². The molecule has 0 N–H and O–H groups in total. The average molecular weight is 386 g/mol. The summed E-state index contributed by atoms with van der Waals surface area (Å²) < 4.78 is 0. The lowest BCUT2D eigenvalue weighted by Gasteiger charge is -2.37. The highest BCUT2D eigenvalue weighted by atomic mass is 32.1. The summed E-state index contributed by atoms with van der Waals surface area (Å²) in [6, 6.07) is 6.89. The van der Waals surface area contributed by atoms with Crippen molar-refractivity contribution in [1.82, 2.24) is 14.8 Å². The molecule has 0 unspecified atom stereocenters. The van der Waals surface area contributed by atoms with E-state index in [4.69, 9.17) is 4.98 Å². The lowest BCUT2D eigenvalue weighted by atomic mass is 10.0. The van der Waals surface area contributed by atoms with Crippen molar-refractivity contribution in [2.45, 2.75) is 53.5 Å². The quantitative estimate of drug-likeness (QED) is 0.750. The van der Waals surface area contributed by atoms with Gasteiger partial charge in [0.15, 0.2) is 0 Å². The van der Waals surface area contributed by atoms with Crippen molar-refractivity contribution in [3.63, 3.8) is 0 Å². The van der Waals surface area contributed by atoms with Crippen LogP contribution in [0.4, 0.5) is 0 Å². The summed E-state index contributed by atoms with van der Waals surface area (Å²) in [6.07, 6.45) is 2.13. The Kier molecular flexibility index (Phi) is 6.33. The first-order valence-corrected chi connectivity index (χ1v) is 10.8. The highest BCUT2D eigenvalue weighted by Gasteiger charge is 2.28. The van der Waals surface area contributed by atoms with Crippen LogP contribution >= 0.6 is 11.3 Å². The number of piperidine rings is 1. The molecule has 1 aromatic heterocycles. The lowest BCUT2D eigenvalue weighted by molar-refractivity contribution is 0.0635. The fraction of sp³-hybridized carbons (Fsp3) is 0.545. The van der Waals surface area contributed by atoms with Crippen LogP contribution in [-0.2, 0) is 0 Å². The molecular weight excluding hydrogens is 354 g/mol. The number of hydrogen-bond donors (Lipinski definition) is 0. The van der Waals surface area contributed by atoms with E-state index in [0.717, 1.165) is 60.2 Å². The fourth-order valence-corrected chi connectivity index (χ4v) is 5.13. The molecule has 2 aromatic rings. The second-order valence-electron chi connectivity index (χ2n) is 7.43. The zero-order chi connectivity index (χ0) is 19.6. The van der Waals surface area contributed by atoms with Crippen LogP contribution < -0.4 is 0 Å². The number of rotatable bonds is 5. The van der Waals surface area contributed by atoms with Gasteiger partial charge in [-0.05, 0) is 57.8 Å². The summed E-state index contributed by atoms with van der Waals surface area (Å²) in [5, 5.41) is 0.954. The molecule has 1 saturated heterocycles. The minimum Gasteiger partial charge on any atom is -0.338 e. The molecule has 4 nitrogen and oxygen atoms in total. The Hall–Kier alpha value is -1.72. The van der Waals surface area contributed by atoms with Crippen molar-refractivity contribution in [3.05, 3.63) is 39.9 Å². The van der Waals surface area contributed by atoms with Gasteiger partial charge < -0.3 is 9.80 Å². The third-order valence-corrected chi connectivity index (χ3v) is 7.09. The molecule has 0 spiro atoms. The van der Waals surface area contributed by atoms with E-state index in [2.05, 4.69) is 50.8 Å². The zero-order valence-electron chi connectivity index (χ0n) is 17.2. The Bertz CT molecular complexity index is 802. The van der Waals surface area contributed by atoms with E-state index in [1.165, 1.54) is 11.1 Å². The van der Waals surface area contributed by atoms with Gasteiger partial charge in [0.2, 0.25) is 0 Å². The molecule has 1 aliphatic heterocycles. The van der Waals surface area contributed by atoms with Gasteiger partial charge >= 0.3 is 0 Å². The van der Waals surface area contributed by atoms with Crippen LogP contribution in [0.2, 0.25) is 0 Å². The number of carbonyl (C=O) groups is 1. The second kappa shape index (κ2) is 8.53. The molecule has 1 fully saturated rings. The number of nitrogens with zero attached hydrogens (tertiary/aromatic N) is 3.